The van der Waals surface area contributed by atoms with Crippen molar-refractivity contribution < 1.29 is 20.4 Å². The minimum atomic E-state index is -0.342. The van der Waals surface area contributed by atoms with Crippen LogP contribution in [0.4, 0.5) is 0 Å². The second-order valence-corrected chi connectivity index (χ2v) is 15.0. The Kier molecular flexibility index (Phi) is 8.49. The molecule has 1 heterocycles. The third kappa shape index (κ3) is 5.61. The second kappa shape index (κ2) is 11.7. The van der Waals surface area contributed by atoms with E-state index in [4.69, 9.17) is 15.6 Å². The van der Waals surface area contributed by atoms with E-state index in [2.05, 4.69) is 34.6 Å². The van der Waals surface area contributed by atoms with Gasteiger partial charge in [-0.05, 0) is 123 Å². The van der Waals surface area contributed by atoms with Gasteiger partial charge in [-0.1, -0.05) is 53.9 Å². The maximum absolute atomic E-state index is 11.9. The average Bonchev–Trinajstić information content (AvgIpc) is 3.23. The molecule has 1 saturated heterocycles. The minimum absolute atomic E-state index is 0.0631. The minimum Gasteiger partial charge on any atom is -0.463 e. The first kappa shape index (κ1) is 27.6. The van der Waals surface area contributed by atoms with E-state index in [1.54, 1.807) is 0 Å². The molecule has 4 heteroatoms. The zero-order chi connectivity index (χ0) is 27.9. The van der Waals surface area contributed by atoms with E-state index in [-0.39, 0.29) is 36.3 Å². The van der Waals surface area contributed by atoms with Crippen LogP contribution in [-0.4, -0.2) is 31.1 Å². The van der Waals surface area contributed by atoms with Crippen LogP contribution in [0.25, 0.3) is 0 Å². The van der Waals surface area contributed by atoms with Gasteiger partial charge in [0.25, 0.3) is 0 Å². The van der Waals surface area contributed by atoms with Crippen molar-refractivity contribution in [2.24, 2.45) is 52.3 Å². The van der Waals surface area contributed by atoms with Gasteiger partial charge in [-0.25, -0.2) is 0 Å². The summed E-state index contributed by atoms with van der Waals surface area (Å²) in [4.78, 5) is 11.9. The van der Waals surface area contributed by atoms with E-state index in [9.17, 15) is 4.79 Å². The lowest BCUT2D eigenvalue weighted by Gasteiger charge is -2.63. The fourth-order valence-electron chi connectivity index (χ4n) is 10.5. The van der Waals surface area contributed by atoms with Gasteiger partial charge >= 0.3 is 5.97 Å². The molecule has 0 aromatic carbocycles. The maximum atomic E-state index is 11.9. The Morgan fingerprint density at radius 3 is 2.47 bits per heavy atom. The van der Waals surface area contributed by atoms with Gasteiger partial charge in [0.05, 0.1) is 6.10 Å². The predicted octanol–water partition coefficient (Wildman–Crippen LogP) is 8.56. The summed E-state index contributed by atoms with van der Waals surface area (Å²) in [6, 6.07) is 0. The highest BCUT2D eigenvalue weighted by Gasteiger charge is 2.63. The number of carbonyl (C=O) groups is 1. The molecule has 218 valence electrons. The number of fused-ring (bicyclic) bond motifs is 5. The summed E-state index contributed by atoms with van der Waals surface area (Å²) in [7, 11) is 0. The summed E-state index contributed by atoms with van der Waals surface area (Å²) in [6.07, 6.45) is 14.9. The number of ether oxygens (including phenoxy) is 3. The first-order valence-electron chi connectivity index (χ1n) is 17.0. The van der Waals surface area contributed by atoms with Crippen molar-refractivity contribution >= 4 is 5.97 Å². The van der Waals surface area contributed by atoms with Crippen LogP contribution in [0.5, 0.6) is 0 Å². The van der Waals surface area contributed by atoms with Crippen molar-refractivity contribution in [1.82, 2.24) is 0 Å². The Hall–Kier alpha value is -0.610. The lowest BCUT2D eigenvalue weighted by atomic mass is 9.43. The average molecular weight is 532 g/mol. The van der Waals surface area contributed by atoms with Crippen LogP contribution in [-0.2, 0) is 19.0 Å². The molecule has 4 aliphatic carbocycles. The summed E-state index contributed by atoms with van der Waals surface area (Å²) in [5.41, 5.74) is 0.496. The highest BCUT2D eigenvalue weighted by molar-refractivity contribution is 5.66. The van der Waals surface area contributed by atoms with Gasteiger partial charge in [0.15, 0.2) is 6.29 Å². The highest BCUT2D eigenvalue weighted by Crippen LogP contribution is 2.69. The van der Waals surface area contributed by atoms with Crippen LogP contribution in [0.15, 0.2) is 0 Å². The standard InChI is InChI=1S/C34H58O4/c1-22(2)10-9-11-23(3)27-13-14-28-26-21-31(38-32-12-7-8-19-36-32)30-20-25(37-24(4)35)15-17-34(30,6)29(26)16-18-33(27,28)5/h22-23,25-32H,7-21H2,1-6H3/t23-,25+,26+,27-,28+,29+,30-,31-,32?,33-,34-/m1/s1/i15D/t15-,23+,25-,26-,27+,28-,29-,30+,31+,32?,33+,34+/m0. The molecule has 38 heavy (non-hydrogen) atoms. The first-order chi connectivity index (χ1) is 18.5. The van der Waals surface area contributed by atoms with Crippen molar-refractivity contribution in [2.45, 2.75) is 150 Å². The topological polar surface area (TPSA) is 44.8 Å². The van der Waals surface area contributed by atoms with E-state index in [1.165, 1.54) is 58.3 Å². The summed E-state index contributed by atoms with van der Waals surface area (Å²) < 4.78 is 27.8. The molecule has 5 rings (SSSR count). The zero-order valence-electron chi connectivity index (χ0n) is 26.4. The molecule has 0 aromatic rings. The highest BCUT2D eigenvalue weighted by atomic mass is 16.7. The third-order valence-electron chi connectivity index (χ3n) is 12.4. The molecule has 4 nitrogen and oxygen atoms in total. The fourth-order valence-corrected chi connectivity index (χ4v) is 10.5. The van der Waals surface area contributed by atoms with E-state index in [0.29, 0.717) is 23.2 Å². The van der Waals surface area contributed by atoms with E-state index in [1.807, 2.05) is 0 Å². The monoisotopic (exact) mass is 531 g/mol. The molecule has 12 atom stereocenters. The van der Waals surface area contributed by atoms with Crippen LogP contribution in [0.2, 0.25) is 0 Å². The van der Waals surface area contributed by atoms with Gasteiger partial charge in [0.1, 0.15) is 6.10 Å². The summed E-state index contributed by atoms with van der Waals surface area (Å²) in [5.74, 6) is 4.60. The third-order valence-corrected chi connectivity index (χ3v) is 12.4. The quantitative estimate of drug-likeness (QED) is 0.232. The summed E-state index contributed by atoms with van der Waals surface area (Å²) >= 11 is 0. The lowest BCUT2D eigenvalue weighted by Crippen LogP contribution is -2.59. The second-order valence-electron chi connectivity index (χ2n) is 15.0. The molecule has 5 fully saturated rings. The van der Waals surface area contributed by atoms with E-state index in [0.717, 1.165) is 62.4 Å². The van der Waals surface area contributed by atoms with Gasteiger partial charge in [-0.15, -0.1) is 0 Å². The smallest absolute Gasteiger partial charge is 0.302 e. The molecule has 0 bridgehead atoms. The molecule has 0 spiro atoms. The zero-order valence-corrected chi connectivity index (χ0v) is 25.4. The number of carbonyl (C=O) groups excluding carboxylic acids is 1. The Bertz CT molecular complexity index is 841. The van der Waals surface area contributed by atoms with Crippen molar-refractivity contribution in [2.75, 3.05) is 6.61 Å². The largest absolute Gasteiger partial charge is 0.463 e. The SMILES string of the molecule is [2H][C@H]1C[C@@]2(C)[C@H](C[C@H]1OC(C)=O)[C@H](OC1CCCCO1)C[C@@H]1[C@@H]2CC[C@]2(C)[C@@H]([C@H](C)CCCC(C)C)CC[C@@H]12. The molecule has 0 radical (unpaired) electrons. The van der Waals surface area contributed by atoms with Crippen LogP contribution < -0.4 is 0 Å². The van der Waals surface area contributed by atoms with Gasteiger partial charge in [0.2, 0.25) is 0 Å². The molecule has 1 unspecified atom stereocenters. The fraction of sp³-hybridized carbons (Fsp3) is 0.971. The Morgan fingerprint density at radius 1 is 0.974 bits per heavy atom. The molecule has 0 amide bonds. The van der Waals surface area contributed by atoms with E-state index < -0.39 is 0 Å². The van der Waals surface area contributed by atoms with Crippen LogP contribution in [0, 0.1) is 52.3 Å². The first-order valence-corrected chi connectivity index (χ1v) is 16.4. The lowest BCUT2D eigenvalue weighted by molar-refractivity contribution is -0.250. The van der Waals surface area contributed by atoms with Gasteiger partial charge in [0, 0.05) is 14.9 Å². The maximum Gasteiger partial charge on any atom is 0.302 e. The van der Waals surface area contributed by atoms with Crippen LogP contribution in [0.3, 0.4) is 0 Å². The normalized spacial score (nSPS) is 48.0. The van der Waals surface area contributed by atoms with Crippen molar-refractivity contribution in [3.8, 4) is 0 Å². The number of hydrogen-bond donors (Lipinski definition) is 0. The molecule has 4 saturated carbocycles. The molecule has 1 aliphatic heterocycles. The molecular weight excluding hydrogens is 472 g/mol. The Balaban J connectivity index is 1.38. The van der Waals surface area contributed by atoms with Crippen molar-refractivity contribution in [3.05, 3.63) is 0 Å². The number of rotatable bonds is 8. The Labute approximate surface area is 235 Å². The van der Waals surface area contributed by atoms with Gasteiger partial charge < -0.3 is 14.2 Å². The molecule has 0 N–H and O–H groups in total. The number of hydrogen-bond acceptors (Lipinski definition) is 4. The van der Waals surface area contributed by atoms with Crippen LogP contribution >= 0.6 is 0 Å². The Morgan fingerprint density at radius 2 is 1.76 bits per heavy atom. The van der Waals surface area contributed by atoms with E-state index >= 15 is 0 Å². The summed E-state index contributed by atoms with van der Waals surface area (Å²) in [5, 5.41) is 0. The van der Waals surface area contributed by atoms with Crippen molar-refractivity contribution in [3.63, 3.8) is 0 Å². The summed E-state index contributed by atoms with van der Waals surface area (Å²) in [6.45, 7) is 14.7. The van der Waals surface area contributed by atoms with Gasteiger partial charge in [-0.3, -0.25) is 4.79 Å². The molecular formula is C34H58O4. The van der Waals surface area contributed by atoms with Gasteiger partial charge in [-0.2, -0.15) is 0 Å². The number of esters is 1. The van der Waals surface area contributed by atoms with Crippen molar-refractivity contribution in [1.29, 1.82) is 0 Å². The molecule has 5 aliphatic rings. The predicted molar refractivity (Wildman–Crippen MR) is 152 cm³/mol. The molecule has 0 aromatic heterocycles. The van der Waals surface area contributed by atoms with Crippen LogP contribution in [0.1, 0.15) is 133 Å².